The topological polar surface area (TPSA) is 78.4 Å². The number of nitrogens with zero attached hydrogens (tertiary/aromatic N) is 1. The number of rotatable bonds is 8. The lowest BCUT2D eigenvalue weighted by atomic mass is 10.1. The summed E-state index contributed by atoms with van der Waals surface area (Å²) in [7, 11) is 4.72. The highest BCUT2D eigenvalue weighted by atomic mass is 16.5. The van der Waals surface area contributed by atoms with Gasteiger partial charge in [-0.15, -0.1) is 0 Å². The number of hydrogen-bond acceptors (Lipinski definition) is 6. The summed E-state index contributed by atoms with van der Waals surface area (Å²) < 4.78 is 20.9. The molecule has 0 spiro atoms. The number of carbonyl (C=O) groups is 1. The molecule has 0 bridgehead atoms. The molecule has 1 N–H and O–H groups in total. The second kappa shape index (κ2) is 9.31. The zero-order chi connectivity index (χ0) is 18.9. The van der Waals surface area contributed by atoms with E-state index in [0.717, 1.165) is 16.9 Å². The molecule has 0 saturated heterocycles. The second-order valence-corrected chi connectivity index (χ2v) is 5.32. The Morgan fingerprint density at radius 2 is 1.62 bits per heavy atom. The minimum absolute atomic E-state index is 0.144. The third-order valence-corrected chi connectivity index (χ3v) is 3.59. The molecule has 0 aliphatic carbocycles. The molecule has 26 heavy (non-hydrogen) atoms. The maximum absolute atomic E-state index is 11.8. The highest BCUT2D eigenvalue weighted by Crippen LogP contribution is 2.29. The number of hydrazone groups is 1. The lowest BCUT2D eigenvalue weighted by Gasteiger charge is -2.10. The van der Waals surface area contributed by atoms with E-state index in [1.165, 1.54) is 0 Å². The number of hydrogen-bond donors (Lipinski definition) is 1. The third kappa shape index (κ3) is 5.14. The van der Waals surface area contributed by atoms with Crippen LogP contribution in [-0.2, 0) is 4.79 Å². The lowest BCUT2D eigenvalue weighted by molar-refractivity contribution is -0.123. The molecule has 2 rings (SSSR count). The van der Waals surface area contributed by atoms with Gasteiger partial charge >= 0.3 is 0 Å². The molecule has 2 aromatic carbocycles. The maximum atomic E-state index is 11.8. The Bertz CT molecular complexity index is 772. The summed E-state index contributed by atoms with van der Waals surface area (Å²) in [5, 5.41) is 3.95. The monoisotopic (exact) mass is 358 g/mol. The lowest BCUT2D eigenvalue weighted by Crippen LogP contribution is -2.24. The molecule has 1 amide bonds. The quantitative estimate of drug-likeness (QED) is 0.580. The summed E-state index contributed by atoms with van der Waals surface area (Å²) in [5.41, 5.74) is 4.17. The number of nitrogens with one attached hydrogen (secondary N) is 1. The van der Waals surface area contributed by atoms with Crippen molar-refractivity contribution >= 4 is 12.1 Å². The Morgan fingerprint density at radius 3 is 2.23 bits per heavy atom. The molecular weight excluding hydrogens is 336 g/mol. The first-order valence-corrected chi connectivity index (χ1v) is 7.88. The summed E-state index contributed by atoms with van der Waals surface area (Å²) in [6.45, 7) is 1.77. The van der Waals surface area contributed by atoms with Gasteiger partial charge in [0.05, 0.1) is 27.5 Å². The van der Waals surface area contributed by atoms with Crippen molar-refractivity contribution in [2.24, 2.45) is 5.10 Å². The first-order chi connectivity index (χ1) is 12.6. The molecule has 0 radical (unpaired) electrons. The van der Waals surface area contributed by atoms with Crippen molar-refractivity contribution in [3.8, 4) is 23.0 Å². The largest absolute Gasteiger partial charge is 0.497 e. The number of methoxy groups -OCH3 is 3. The molecule has 138 valence electrons. The van der Waals surface area contributed by atoms with Crippen LogP contribution in [0, 0.1) is 6.92 Å². The molecule has 0 saturated carbocycles. The Labute approximate surface area is 152 Å². The SMILES string of the molecule is COc1ccc(OCC(=O)N/N=C/c2cc(OC)c(OC)cc2C)cc1. The van der Waals surface area contributed by atoms with Crippen molar-refractivity contribution < 1.29 is 23.7 Å². The minimum atomic E-state index is -0.366. The number of ether oxygens (including phenoxy) is 4. The van der Waals surface area contributed by atoms with E-state index in [1.54, 1.807) is 57.9 Å². The van der Waals surface area contributed by atoms with Crippen LogP contribution in [0.25, 0.3) is 0 Å². The fourth-order valence-corrected chi connectivity index (χ4v) is 2.16. The van der Waals surface area contributed by atoms with E-state index in [0.29, 0.717) is 17.2 Å². The van der Waals surface area contributed by atoms with Crippen molar-refractivity contribution in [1.29, 1.82) is 0 Å². The van der Waals surface area contributed by atoms with Gasteiger partial charge < -0.3 is 18.9 Å². The molecule has 0 unspecified atom stereocenters. The van der Waals surface area contributed by atoms with Crippen LogP contribution >= 0.6 is 0 Å². The Morgan fingerprint density at radius 1 is 1.00 bits per heavy atom. The molecule has 0 fully saturated rings. The van der Waals surface area contributed by atoms with E-state index in [1.807, 2.05) is 13.0 Å². The van der Waals surface area contributed by atoms with Crippen LogP contribution in [-0.4, -0.2) is 40.1 Å². The molecule has 0 heterocycles. The van der Waals surface area contributed by atoms with Crippen LogP contribution in [0.4, 0.5) is 0 Å². The summed E-state index contributed by atoms with van der Waals surface area (Å²) in [6, 6.07) is 10.6. The standard InChI is InChI=1S/C19H22N2O5/c1-13-9-17(24-3)18(25-4)10-14(13)11-20-21-19(22)12-26-16-7-5-15(23-2)6-8-16/h5-11H,12H2,1-4H3,(H,21,22)/b20-11+. The summed E-state index contributed by atoms with van der Waals surface area (Å²) in [5.74, 6) is 2.15. The van der Waals surface area contributed by atoms with Gasteiger partial charge in [0.15, 0.2) is 18.1 Å². The van der Waals surface area contributed by atoms with Gasteiger partial charge in [-0.25, -0.2) is 5.43 Å². The number of amides is 1. The first kappa shape index (κ1) is 19.1. The molecule has 0 atom stereocenters. The average molecular weight is 358 g/mol. The molecular formula is C19H22N2O5. The number of aryl methyl sites for hydroxylation is 1. The van der Waals surface area contributed by atoms with Crippen molar-refractivity contribution in [3.63, 3.8) is 0 Å². The van der Waals surface area contributed by atoms with Gasteiger partial charge in [0.25, 0.3) is 5.91 Å². The number of benzene rings is 2. The summed E-state index contributed by atoms with van der Waals surface area (Å²) >= 11 is 0. The van der Waals surface area contributed by atoms with Gasteiger partial charge in [-0.05, 0) is 48.9 Å². The van der Waals surface area contributed by atoms with E-state index < -0.39 is 0 Å². The van der Waals surface area contributed by atoms with Crippen molar-refractivity contribution in [2.45, 2.75) is 6.92 Å². The predicted octanol–water partition coefficient (Wildman–Crippen LogP) is 2.55. The van der Waals surface area contributed by atoms with E-state index >= 15 is 0 Å². The molecule has 7 nitrogen and oxygen atoms in total. The summed E-state index contributed by atoms with van der Waals surface area (Å²) in [6.07, 6.45) is 1.54. The highest BCUT2D eigenvalue weighted by Gasteiger charge is 2.07. The van der Waals surface area contributed by atoms with E-state index in [2.05, 4.69) is 10.5 Å². The first-order valence-electron chi connectivity index (χ1n) is 7.88. The smallest absolute Gasteiger partial charge is 0.277 e. The van der Waals surface area contributed by atoms with Crippen LogP contribution in [0.5, 0.6) is 23.0 Å². The second-order valence-electron chi connectivity index (χ2n) is 5.32. The normalized spacial score (nSPS) is 10.5. The fraction of sp³-hybridized carbons (Fsp3) is 0.263. The van der Waals surface area contributed by atoms with Gasteiger partial charge in [-0.2, -0.15) is 5.10 Å². The molecule has 0 aromatic heterocycles. The predicted molar refractivity (Wildman–Crippen MR) is 98.5 cm³/mol. The van der Waals surface area contributed by atoms with Crippen LogP contribution in [0.1, 0.15) is 11.1 Å². The Hall–Kier alpha value is -3.22. The van der Waals surface area contributed by atoms with Gasteiger partial charge in [0.2, 0.25) is 0 Å². The van der Waals surface area contributed by atoms with E-state index in [-0.39, 0.29) is 12.5 Å². The Kier molecular flexibility index (Phi) is 6.84. The Balaban J connectivity index is 1.90. The van der Waals surface area contributed by atoms with Crippen LogP contribution in [0.15, 0.2) is 41.5 Å². The van der Waals surface area contributed by atoms with Crippen molar-refractivity contribution in [3.05, 3.63) is 47.5 Å². The van der Waals surface area contributed by atoms with Gasteiger partial charge in [0.1, 0.15) is 11.5 Å². The van der Waals surface area contributed by atoms with Crippen LogP contribution in [0.2, 0.25) is 0 Å². The zero-order valence-corrected chi connectivity index (χ0v) is 15.2. The highest BCUT2D eigenvalue weighted by molar-refractivity contribution is 5.85. The van der Waals surface area contributed by atoms with Crippen LogP contribution in [0.3, 0.4) is 0 Å². The fourth-order valence-electron chi connectivity index (χ4n) is 2.16. The molecule has 0 aliphatic rings. The van der Waals surface area contributed by atoms with E-state index in [9.17, 15) is 4.79 Å². The summed E-state index contributed by atoms with van der Waals surface area (Å²) in [4.78, 5) is 11.8. The van der Waals surface area contributed by atoms with Gasteiger partial charge in [-0.3, -0.25) is 4.79 Å². The molecule has 0 aliphatic heterocycles. The molecule has 7 heteroatoms. The average Bonchev–Trinajstić information content (AvgIpc) is 2.67. The van der Waals surface area contributed by atoms with Crippen LogP contribution < -0.4 is 24.4 Å². The van der Waals surface area contributed by atoms with Crippen molar-refractivity contribution in [1.82, 2.24) is 5.43 Å². The third-order valence-electron chi connectivity index (χ3n) is 3.59. The van der Waals surface area contributed by atoms with Gasteiger partial charge in [-0.1, -0.05) is 0 Å². The zero-order valence-electron chi connectivity index (χ0n) is 15.2. The minimum Gasteiger partial charge on any atom is -0.497 e. The molecule has 2 aromatic rings. The number of carbonyl (C=O) groups excluding carboxylic acids is 1. The maximum Gasteiger partial charge on any atom is 0.277 e. The van der Waals surface area contributed by atoms with Crippen molar-refractivity contribution in [2.75, 3.05) is 27.9 Å². The van der Waals surface area contributed by atoms with E-state index in [4.69, 9.17) is 18.9 Å². The van der Waals surface area contributed by atoms with Gasteiger partial charge in [0, 0.05) is 5.56 Å².